The Morgan fingerprint density at radius 3 is 1.82 bits per heavy atom. The van der Waals surface area contributed by atoms with Crippen molar-refractivity contribution in [3.8, 4) is 11.5 Å². The minimum Gasteiger partial charge on any atom is -0.497 e. The summed E-state index contributed by atoms with van der Waals surface area (Å²) in [5.41, 5.74) is 0.321. The molecule has 44 heavy (non-hydrogen) atoms. The fraction of sp³-hybridized carbons (Fsp3) is 0.226. The lowest BCUT2D eigenvalue weighted by molar-refractivity contribution is -0.142. The molecule has 4 rings (SSSR count). The summed E-state index contributed by atoms with van der Waals surface area (Å²) in [6.45, 7) is 2.50. The number of methoxy groups -OCH3 is 2. The van der Waals surface area contributed by atoms with Gasteiger partial charge < -0.3 is 9.47 Å². The molecule has 0 radical (unpaired) electrons. The first-order valence-electron chi connectivity index (χ1n) is 13.6. The van der Waals surface area contributed by atoms with Crippen molar-refractivity contribution in [3.63, 3.8) is 0 Å². The number of carbonyl (C=O) groups excluding carboxylic acids is 2. The van der Waals surface area contributed by atoms with Crippen LogP contribution in [0.2, 0.25) is 0 Å². The highest BCUT2D eigenvalue weighted by molar-refractivity contribution is 7.93. The molecule has 11 nitrogen and oxygen atoms in total. The highest BCUT2D eigenvalue weighted by Crippen LogP contribution is 2.36. The second-order valence-corrected chi connectivity index (χ2v) is 13.3. The van der Waals surface area contributed by atoms with Crippen LogP contribution in [0.15, 0.2) is 94.7 Å². The Kier molecular flexibility index (Phi) is 9.80. The monoisotopic (exact) mass is 639 g/mol. The fourth-order valence-electron chi connectivity index (χ4n) is 4.61. The highest BCUT2D eigenvalue weighted by atomic mass is 32.2. The topological polar surface area (TPSA) is 139 Å². The number of carbonyl (C=O) groups is 2. The maximum Gasteiger partial charge on any atom is 0.264 e. The summed E-state index contributed by atoms with van der Waals surface area (Å²) in [6.07, 6.45) is 0.489. The zero-order valence-corrected chi connectivity index (χ0v) is 26.3. The van der Waals surface area contributed by atoms with Crippen LogP contribution in [0.5, 0.6) is 11.5 Å². The Hall–Kier alpha value is -4.62. The highest BCUT2D eigenvalue weighted by Gasteiger charge is 2.31. The lowest BCUT2D eigenvalue weighted by Gasteiger charge is -2.28. The molecule has 1 N–H and O–H groups in total. The molecule has 0 aliphatic carbocycles. The summed E-state index contributed by atoms with van der Waals surface area (Å²) in [5, 5.41) is 0.749. The minimum atomic E-state index is -4.37. The SMILES string of the molecule is CCCN(C(C)=O)C(=O)CN(c1ccc(NS(=O)(=O)c2ccc(OC)cc2)c2ccccc12)S(=O)(=O)c1ccc(OC)cc1. The van der Waals surface area contributed by atoms with E-state index in [-0.39, 0.29) is 27.7 Å². The van der Waals surface area contributed by atoms with E-state index >= 15 is 0 Å². The van der Waals surface area contributed by atoms with E-state index in [2.05, 4.69) is 4.72 Å². The van der Waals surface area contributed by atoms with E-state index in [9.17, 15) is 26.4 Å². The molecule has 0 unspecified atom stereocenters. The number of hydrogen-bond donors (Lipinski definition) is 1. The maximum absolute atomic E-state index is 14.1. The molecule has 13 heteroatoms. The van der Waals surface area contributed by atoms with Crippen LogP contribution >= 0.6 is 0 Å². The number of ether oxygens (including phenoxy) is 2. The number of fused-ring (bicyclic) bond motifs is 1. The zero-order valence-electron chi connectivity index (χ0n) is 24.7. The fourth-order valence-corrected chi connectivity index (χ4v) is 7.13. The van der Waals surface area contributed by atoms with Crippen LogP contribution < -0.4 is 18.5 Å². The molecule has 0 aliphatic heterocycles. The lowest BCUT2D eigenvalue weighted by atomic mass is 10.1. The van der Waals surface area contributed by atoms with Gasteiger partial charge in [-0.3, -0.25) is 23.5 Å². The van der Waals surface area contributed by atoms with Crippen molar-refractivity contribution in [1.82, 2.24) is 4.90 Å². The van der Waals surface area contributed by atoms with Crippen LogP contribution in [0.25, 0.3) is 10.8 Å². The number of amides is 2. The van der Waals surface area contributed by atoms with Gasteiger partial charge in [-0.2, -0.15) is 0 Å². The number of imide groups is 1. The Balaban J connectivity index is 1.84. The van der Waals surface area contributed by atoms with Crippen LogP contribution in [-0.2, 0) is 29.6 Å². The molecule has 0 heterocycles. The normalized spacial score (nSPS) is 11.5. The molecular formula is C31H33N3O8S2. The van der Waals surface area contributed by atoms with Gasteiger partial charge in [0.1, 0.15) is 18.0 Å². The van der Waals surface area contributed by atoms with E-state index in [0.29, 0.717) is 28.7 Å². The van der Waals surface area contributed by atoms with E-state index in [1.165, 1.54) is 81.8 Å². The number of anilines is 2. The van der Waals surface area contributed by atoms with Crippen molar-refractivity contribution in [2.45, 2.75) is 30.1 Å². The molecule has 0 saturated heterocycles. The molecular weight excluding hydrogens is 606 g/mol. The van der Waals surface area contributed by atoms with Gasteiger partial charge in [0.25, 0.3) is 20.0 Å². The standard InChI is InChI=1S/C31H33N3O8S2/c1-5-20-33(22(2)35)31(36)21-34(44(39,40)26-16-12-24(42-4)13-17-26)30-19-18-29(27-8-6-7-9-28(27)30)32-43(37,38)25-14-10-23(41-3)11-15-25/h6-19,32H,5,20-21H2,1-4H3. The number of nitrogens with zero attached hydrogens (tertiary/aromatic N) is 2. The first-order chi connectivity index (χ1) is 20.9. The van der Waals surface area contributed by atoms with Crippen molar-refractivity contribution in [3.05, 3.63) is 84.9 Å². The quantitative estimate of drug-likeness (QED) is 0.237. The van der Waals surface area contributed by atoms with Crippen LogP contribution in [0.3, 0.4) is 0 Å². The summed E-state index contributed by atoms with van der Waals surface area (Å²) < 4.78 is 68.5. The van der Waals surface area contributed by atoms with Gasteiger partial charge in [0.2, 0.25) is 11.8 Å². The Morgan fingerprint density at radius 2 is 1.30 bits per heavy atom. The predicted molar refractivity (Wildman–Crippen MR) is 168 cm³/mol. The first kappa shape index (κ1) is 32.3. The second-order valence-electron chi connectivity index (χ2n) is 9.71. The molecule has 0 bridgehead atoms. The average molecular weight is 640 g/mol. The molecule has 0 atom stereocenters. The Labute approximate surface area is 257 Å². The molecule has 2 amide bonds. The summed E-state index contributed by atoms with van der Waals surface area (Å²) in [7, 11) is -5.48. The van der Waals surface area contributed by atoms with E-state index in [4.69, 9.17) is 9.47 Å². The van der Waals surface area contributed by atoms with Crippen molar-refractivity contribution in [2.24, 2.45) is 0 Å². The molecule has 4 aromatic rings. The molecule has 232 valence electrons. The van der Waals surface area contributed by atoms with Crippen molar-refractivity contribution in [2.75, 3.05) is 36.3 Å². The predicted octanol–water partition coefficient (Wildman–Crippen LogP) is 4.64. The third kappa shape index (κ3) is 6.79. The zero-order chi connectivity index (χ0) is 32.1. The molecule has 0 fully saturated rings. The summed E-state index contributed by atoms with van der Waals surface area (Å²) in [4.78, 5) is 26.6. The van der Waals surface area contributed by atoms with Crippen molar-refractivity contribution < 1.29 is 35.9 Å². The lowest BCUT2D eigenvalue weighted by Crippen LogP contribution is -2.45. The van der Waals surface area contributed by atoms with Gasteiger partial charge in [-0.1, -0.05) is 31.2 Å². The van der Waals surface area contributed by atoms with E-state index in [1.54, 1.807) is 31.2 Å². The molecule has 0 aromatic heterocycles. The largest absolute Gasteiger partial charge is 0.497 e. The third-order valence-electron chi connectivity index (χ3n) is 6.84. The van der Waals surface area contributed by atoms with Crippen LogP contribution in [0, 0.1) is 0 Å². The Bertz CT molecular complexity index is 1880. The van der Waals surface area contributed by atoms with E-state index < -0.39 is 38.4 Å². The molecule has 0 saturated carbocycles. The van der Waals surface area contributed by atoms with E-state index in [1.807, 2.05) is 0 Å². The molecule has 4 aromatic carbocycles. The van der Waals surface area contributed by atoms with Gasteiger partial charge in [0.15, 0.2) is 0 Å². The van der Waals surface area contributed by atoms with Crippen LogP contribution in [0.4, 0.5) is 11.4 Å². The summed E-state index contributed by atoms with van der Waals surface area (Å²) >= 11 is 0. The van der Waals surface area contributed by atoms with Crippen LogP contribution in [-0.4, -0.2) is 60.9 Å². The number of sulfonamides is 2. The van der Waals surface area contributed by atoms with Gasteiger partial charge in [0.05, 0.1) is 35.4 Å². The van der Waals surface area contributed by atoms with Crippen LogP contribution in [0.1, 0.15) is 20.3 Å². The smallest absolute Gasteiger partial charge is 0.264 e. The van der Waals surface area contributed by atoms with Gasteiger partial charge in [0, 0.05) is 24.2 Å². The minimum absolute atomic E-state index is 0.000938. The van der Waals surface area contributed by atoms with Crippen molar-refractivity contribution >= 4 is 54.0 Å². The Morgan fingerprint density at radius 1 is 0.750 bits per heavy atom. The third-order valence-corrected chi connectivity index (χ3v) is 9.99. The number of rotatable bonds is 12. The average Bonchev–Trinajstić information content (AvgIpc) is 3.02. The molecule has 0 spiro atoms. The molecule has 0 aliphatic rings. The maximum atomic E-state index is 14.1. The summed E-state index contributed by atoms with van der Waals surface area (Å²) in [6, 6.07) is 21.1. The van der Waals surface area contributed by atoms with Gasteiger partial charge in [-0.25, -0.2) is 16.8 Å². The van der Waals surface area contributed by atoms with E-state index in [0.717, 1.165) is 9.21 Å². The van der Waals surface area contributed by atoms with Gasteiger partial charge >= 0.3 is 0 Å². The number of hydrogen-bond acceptors (Lipinski definition) is 8. The summed E-state index contributed by atoms with van der Waals surface area (Å²) in [5.74, 6) is -0.276. The first-order valence-corrected chi connectivity index (χ1v) is 16.5. The number of benzene rings is 4. The number of nitrogens with one attached hydrogen (secondary N) is 1. The van der Waals surface area contributed by atoms with Crippen molar-refractivity contribution in [1.29, 1.82) is 0 Å². The second kappa shape index (κ2) is 13.3. The van der Waals surface area contributed by atoms with Gasteiger partial charge in [-0.05, 0) is 67.1 Å². The van der Waals surface area contributed by atoms with Gasteiger partial charge in [-0.15, -0.1) is 0 Å².